The van der Waals surface area contributed by atoms with E-state index < -0.39 is 5.92 Å². The van der Waals surface area contributed by atoms with Crippen molar-refractivity contribution in [2.24, 2.45) is 11.0 Å². The number of hydrazone groups is 1. The number of ether oxygens (including phenoxy) is 1. The van der Waals surface area contributed by atoms with Gasteiger partial charge in [-0.2, -0.15) is 5.10 Å². The van der Waals surface area contributed by atoms with Gasteiger partial charge in [-0.25, -0.2) is 5.43 Å². The van der Waals surface area contributed by atoms with Crippen LogP contribution in [-0.2, 0) is 9.59 Å². The van der Waals surface area contributed by atoms with E-state index in [9.17, 15) is 9.59 Å². The zero-order chi connectivity index (χ0) is 16.9. The monoisotopic (exact) mass is 327 g/mol. The Balaban J connectivity index is 1.60. The number of anilines is 1. The molecular formula is C17H17N3O4. The summed E-state index contributed by atoms with van der Waals surface area (Å²) < 4.78 is 10.2. The maximum absolute atomic E-state index is 12.2. The van der Waals surface area contributed by atoms with Crippen LogP contribution in [0.1, 0.15) is 12.2 Å². The van der Waals surface area contributed by atoms with Crippen molar-refractivity contribution >= 4 is 23.7 Å². The van der Waals surface area contributed by atoms with Crippen molar-refractivity contribution in [2.75, 3.05) is 18.6 Å². The van der Waals surface area contributed by atoms with E-state index in [1.165, 1.54) is 12.5 Å². The highest BCUT2D eigenvalue weighted by Crippen LogP contribution is 2.26. The zero-order valence-corrected chi connectivity index (χ0v) is 13.1. The molecule has 24 heavy (non-hydrogen) atoms. The molecule has 1 fully saturated rings. The van der Waals surface area contributed by atoms with Gasteiger partial charge in [0.1, 0.15) is 11.5 Å². The second-order valence-electron chi connectivity index (χ2n) is 5.35. The Labute approximate surface area is 138 Å². The fraction of sp³-hybridized carbons (Fsp3) is 0.235. The molecule has 1 aromatic heterocycles. The highest BCUT2D eigenvalue weighted by molar-refractivity contribution is 6.00. The van der Waals surface area contributed by atoms with Crippen molar-refractivity contribution in [3.8, 4) is 5.75 Å². The Morgan fingerprint density at radius 1 is 1.38 bits per heavy atom. The van der Waals surface area contributed by atoms with E-state index >= 15 is 0 Å². The van der Waals surface area contributed by atoms with Crippen molar-refractivity contribution < 1.29 is 18.7 Å². The van der Waals surface area contributed by atoms with Crippen LogP contribution < -0.4 is 15.1 Å². The lowest BCUT2D eigenvalue weighted by atomic mass is 10.1. The van der Waals surface area contributed by atoms with Gasteiger partial charge in [0.05, 0.1) is 25.5 Å². The van der Waals surface area contributed by atoms with Gasteiger partial charge < -0.3 is 14.1 Å². The van der Waals surface area contributed by atoms with Crippen molar-refractivity contribution in [1.29, 1.82) is 0 Å². The van der Waals surface area contributed by atoms with Crippen LogP contribution in [0, 0.1) is 5.92 Å². The van der Waals surface area contributed by atoms with Crippen molar-refractivity contribution in [1.82, 2.24) is 5.43 Å². The minimum absolute atomic E-state index is 0.0877. The van der Waals surface area contributed by atoms with Crippen LogP contribution in [0.25, 0.3) is 0 Å². The van der Waals surface area contributed by atoms with Gasteiger partial charge in [-0.05, 0) is 36.4 Å². The maximum Gasteiger partial charge on any atom is 0.245 e. The first-order valence-corrected chi connectivity index (χ1v) is 7.48. The summed E-state index contributed by atoms with van der Waals surface area (Å²) in [6.45, 7) is 0.327. The molecular weight excluding hydrogens is 310 g/mol. The van der Waals surface area contributed by atoms with Gasteiger partial charge in [-0.3, -0.25) is 9.59 Å². The first-order chi connectivity index (χ1) is 11.7. The van der Waals surface area contributed by atoms with Gasteiger partial charge in [-0.1, -0.05) is 0 Å². The van der Waals surface area contributed by atoms with Crippen LogP contribution >= 0.6 is 0 Å². The molecule has 3 rings (SSSR count). The summed E-state index contributed by atoms with van der Waals surface area (Å²) in [4.78, 5) is 25.9. The number of nitrogens with zero attached hydrogens (tertiary/aromatic N) is 2. The summed E-state index contributed by atoms with van der Waals surface area (Å²) in [6.07, 6.45) is 3.09. The first kappa shape index (κ1) is 15.8. The lowest BCUT2D eigenvalue weighted by Crippen LogP contribution is -2.30. The van der Waals surface area contributed by atoms with Gasteiger partial charge in [0, 0.05) is 18.7 Å². The molecule has 1 aliphatic heterocycles. The lowest BCUT2D eigenvalue weighted by Gasteiger charge is -2.16. The average molecular weight is 327 g/mol. The topological polar surface area (TPSA) is 84.1 Å². The molecule has 2 heterocycles. The molecule has 0 radical (unpaired) electrons. The van der Waals surface area contributed by atoms with Gasteiger partial charge in [0.15, 0.2) is 0 Å². The molecule has 2 amide bonds. The molecule has 1 N–H and O–H groups in total. The van der Waals surface area contributed by atoms with E-state index in [4.69, 9.17) is 9.15 Å². The number of carbonyl (C=O) groups is 2. The minimum Gasteiger partial charge on any atom is -0.497 e. The number of nitrogens with one attached hydrogen (secondary N) is 1. The number of carbonyl (C=O) groups excluding carboxylic acids is 2. The van der Waals surface area contributed by atoms with Gasteiger partial charge in [0.2, 0.25) is 11.8 Å². The molecule has 1 atom stereocenters. The summed E-state index contributed by atoms with van der Waals surface area (Å²) in [6, 6.07) is 10.6. The summed E-state index contributed by atoms with van der Waals surface area (Å²) in [7, 11) is 1.58. The largest absolute Gasteiger partial charge is 0.497 e. The Hall–Kier alpha value is -3.09. The SMILES string of the molecule is COc1ccc(N2C[C@H](C(=O)N/N=C/c3ccco3)CC2=O)cc1. The standard InChI is InChI=1S/C17H17N3O4/c1-23-14-6-4-13(5-7-14)20-11-12(9-16(20)21)17(22)19-18-10-15-3-2-8-24-15/h2-8,10,12H,9,11H2,1H3,(H,19,22)/b18-10+/t12-/m1/s1. The highest BCUT2D eigenvalue weighted by atomic mass is 16.5. The van der Waals surface area contributed by atoms with Crippen LogP contribution in [0.4, 0.5) is 5.69 Å². The third-order valence-corrected chi connectivity index (χ3v) is 3.79. The first-order valence-electron chi connectivity index (χ1n) is 7.48. The third-order valence-electron chi connectivity index (χ3n) is 3.79. The molecule has 7 nitrogen and oxygen atoms in total. The molecule has 2 aromatic rings. The predicted octanol–water partition coefficient (Wildman–Crippen LogP) is 1.79. The predicted molar refractivity (Wildman–Crippen MR) is 87.9 cm³/mol. The Kier molecular flexibility index (Phi) is 4.60. The summed E-state index contributed by atoms with van der Waals surface area (Å²) in [5.41, 5.74) is 3.19. The summed E-state index contributed by atoms with van der Waals surface area (Å²) in [5.74, 6) is 0.440. The Bertz CT molecular complexity index is 738. The van der Waals surface area contributed by atoms with E-state index in [0.717, 1.165) is 5.69 Å². The van der Waals surface area contributed by atoms with Crippen molar-refractivity contribution in [3.63, 3.8) is 0 Å². The van der Waals surface area contributed by atoms with Crippen LogP contribution in [0.15, 0.2) is 52.2 Å². The van der Waals surface area contributed by atoms with Gasteiger partial charge >= 0.3 is 0 Å². The third kappa shape index (κ3) is 3.45. The minimum atomic E-state index is -0.437. The molecule has 0 aliphatic carbocycles. The smallest absolute Gasteiger partial charge is 0.245 e. The summed E-state index contributed by atoms with van der Waals surface area (Å²) >= 11 is 0. The molecule has 7 heteroatoms. The number of methoxy groups -OCH3 is 1. The van der Waals surface area contributed by atoms with Gasteiger partial charge in [0.25, 0.3) is 0 Å². The van der Waals surface area contributed by atoms with Gasteiger partial charge in [-0.15, -0.1) is 0 Å². The van der Waals surface area contributed by atoms with E-state index in [0.29, 0.717) is 18.1 Å². The molecule has 1 aromatic carbocycles. The normalized spacial score (nSPS) is 17.5. The Morgan fingerprint density at radius 3 is 2.83 bits per heavy atom. The van der Waals surface area contributed by atoms with Crippen LogP contribution in [-0.4, -0.2) is 31.7 Å². The second-order valence-corrected chi connectivity index (χ2v) is 5.35. The average Bonchev–Trinajstić information content (AvgIpc) is 3.24. The molecule has 124 valence electrons. The number of hydrogen-bond donors (Lipinski definition) is 1. The van der Waals surface area contributed by atoms with E-state index in [1.807, 2.05) is 0 Å². The van der Waals surface area contributed by atoms with Crippen molar-refractivity contribution in [3.05, 3.63) is 48.4 Å². The summed E-state index contributed by atoms with van der Waals surface area (Å²) in [5, 5.41) is 3.84. The van der Waals surface area contributed by atoms with Crippen molar-refractivity contribution in [2.45, 2.75) is 6.42 Å². The number of benzene rings is 1. The molecule has 0 bridgehead atoms. The van der Waals surface area contributed by atoms with E-state index in [-0.39, 0.29) is 18.2 Å². The molecule has 1 saturated heterocycles. The van der Waals surface area contributed by atoms with Crippen LogP contribution in [0.3, 0.4) is 0 Å². The molecule has 1 aliphatic rings. The fourth-order valence-electron chi connectivity index (χ4n) is 2.51. The number of amides is 2. The number of rotatable bonds is 5. The zero-order valence-electron chi connectivity index (χ0n) is 13.1. The Morgan fingerprint density at radius 2 is 2.17 bits per heavy atom. The lowest BCUT2D eigenvalue weighted by molar-refractivity contribution is -0.126. The quantitative estimate of drug-likeness (QED) is 0.670. The van der Waals surface area contributed by atoms with Crippen LogP contribution in [0.5, 0.6) is 5.75 Å². The second kappa shape index (κ2) is 6.99. The molecule has 0 saturated carbocycles. The fourth-order valence-corrected chi connectivity index (χ4v) is 2.51. The number of furan rings is 1. The molecule has 0 unspecified atom stereocenters. The van der Waals surface area contributed by atoms with E-state index in [1.54, 1.807) is 48.4 Å². The highest BCUT2D eigenvalue weighted by Gasteiger charge is 2.35. The molecule has 0 spiro atoms. The number of hydrogen-bond acceptors (Lipinski definition) is 5. The van der Waals surface area contributed by atoms with Crippen LogP contribution in [0.2, 0.25) is 0 Å². The maximum atomic E-state index is 12.2. The van der Waals surface area contributed by atoms with E-state index in [2.05, 4.69) is 10.5 Å².